The molecule has 170 valence electrons. The highest BCUT2D eigenvalue weighted by Crippen LogP contribution is 2.51. The summed E-state index contributed by atoms with van der Waals surface area (Å²) in [5.74, 6) is 2.94. The molecule has 2 atom stereocenters. The van der Waals surface area contributed by atoms with Crippen LogP contribution in [0.3, 0.4) is 0 Å². The van der Waals surface area contributed by atoms with Gasteiger partial charge in [-0.2, -0.15) is 10.1 Å². The van der Waals surface area contributed by atoms with Gasteiger partial charge in [0.25, 0.3) is 0 Å². The second-order valence-electron chi connectivity index (χ2n) is 8.07. The van der Waals surface area contributed by atoms with Crippen LogP contribution in [0.2, 0.25) is 5.02 Å². The summed E-state index contributed by atoms with van der Waals surface area (Å²) in [6, 6.07) is 21.3. The molecular weight excluding hydrogens is 452 g/mol. The van der Waals surface area contributed by atoms with Crippen LogP contribution in [0.25, 0.3) is 5.70 Å². The predicted octanol–water partition coefficient (Wildman–Crippen LogP) is 5.51. The van der Waals surface area contributed by atoms with Crippen LogP contribution in [0.5, 0.6) is 17.2 Å². The number of ether oxygens (including phenoxy) is 3. The highest BCUT2D eigenvalue weighted by atomic mass is 35.5. The molecule has 6 rings (SSSR count). The van der Waals surface area contributed by atoms with Crippen LogP contribution in [-0.2, 0) is 0 Å². The number of methoxy groups -OCH3 is 2. The van der Waals surface area contributed by atoms with E-state index < -0.39 is 6.10 Å². The lowest BCUT2D eigenvalue weighted by Crippen LogP contribution is -2.32. The Morgan fingerprint density at radius 2 is 1.76 bits per heavy atom. The van der Waals surface area contributed by atoms with Crippen molar-refractivity contribution in [3.63, 3.8) is 0 Å². The normalized spacial score (nSPS) is 18.2. The second kappa shape index (κ2) is 8.11. The van der Waals surface area contributed by atoms with Gasteiger partial charge < -0.3 is 19.5 Å². The molecule has 3 aromatic carbocycles. The molecule has 34 heavy (non-hydrogen) atoms. The largest absolute Gasteiger partial charge is 0.497 e. The van der Waals surface area contributed by atoms with Crippen molar-refractivity contribution in [2.75, 3.05) is 19.5 Å². The van der Waals surface area contributed by atoms with E-state index >= 15 is 0 Å². The molecule has 0 unspecified atom stereocenters. The first kappa shape index (κ1) is 20.6. The Labute approximate surface area is 201 Å². The minimum absolute atomic E-state index is 0.261. The summed E-state index contributed by atoms with van der Waals surface area (Å²) >= 11 is 6.40. The Hall–Kier alpha value is -3.97. The summed E-state index contributed by atoms with van der Waals surface area (Å²) in [6.45, 7) is 0. The molecule has 0 aliphatic carbocycles. The Morgan fingerprint density at radius 3 is 2.56 bits per heavy atom. The molecule has 0 fully saturated rings. The van der Waals surface area contributed by atoms with E-state index in [9.17, 15) is 0 Å². The molecule has 0 radical (unpaired) electrons. The summed E-state index contributed by atoms with van der Waals surface area (Å²) in [5.41, 5.74) is 4.80. The van der Waals surface area contributed by atoms with Gasteiger partial charge in [0.15, 0.2) is 0 Å². The fraction of sp³-hybridized carbons (Fsp3) is 0.154. The van der Waals surface area contributed by atoms with E-state index in [4.69, 9.17) is 25.8 Å². The van der Waals surface area contributed by atoms with E-state index in [2.05, 4.69) is 15.4 Å². The second-order valence-corrected chi connectivity index (χ2v) is 8.51. The van der Waals surface area contributed by atoms with Crippen LogP contribution in [-0.4, -0.2) is 29.0 Å². The lowest BCUT2D eigenvalue weighted by Gasteiger charge is -2.39. The fourth-order valence-corrected chi connectivity index (χ4v) is 4.80. The zero-order valence-electron chi connectivity index (χ0n) is 18.5. The minimum Gasteiger partial charge on any atom is -0.497 e. The van der Waals surface area contributed by atoms with Gasteiger partial charge in [0.2, 0.25) is 5.95 Å². The first-order valence-electron chi connectivity index (χ1n) is 10.8. The molecule has 1 N–H and O–H groups in total. The first-order chi connectivity index (χ1) is 16.7. The number of halogens is 1. The fourth-order valence-electron chi connectivity index (χ4n) is 4.63. The number of nitrogens with one attached hydrogen (secondary N) is 1. The highest BCUT2D eigenvalue weighted by molar-refractivity contribution is 6.30. The molecule has 0 amide bonds. The Bertz CT molecular complexity index is 1410. The molecule has 7 nitrogen and oxygen atoms in total. The molecule has 0 bridgehead atoms. The summed E-state index contributed by atoms with van der Waals surface area (Å²) in [7, 11) is 3.32. The molecule has 3 heterocycles. The lowest BCUT2D eigenvalue weighted by molar-refractivity contribution is 0.222. The van der Waals surface area contributed by atoms with Crippen molar-refractivity contribution in [3.8, 4) is 17.2 Å². The van der Waals surface area contributed by atoms with E-state index in [1.54, 1.807) is 20.5 Å². The van der Waals surface area contributed by atoms with Crippen LogP contribution < -0.4 is 19.5 Å². The van der Waals surface area contributed by atoms with E-state index in [-0.39, 0.29) is 6.04 Å². The monoisotopic (exact) mass is 472 g/mol. The van der Waals surface area contributed by atoms with Crippen molar-refractivity contribution >= 4 is 23.2 Å². The number of rotatable bonds is 4. The molecule has 2 aliphatic rings. The lowest BCUT2D eigenvalue weighted by atomic mass is 9.84. The zero-order chi connectivity index (χ0) is 23.2. The number of benzene rings is 3. The standard InChI is InChI=1S/C26H21ClN4O3/c1-32-18-9-6-15(7-10-18)24-22-23(30-26-28-14-29-31(24)26)20-13-17(27)8-11-21(20)34-25(22)16-4-3-5-19(12-16)33-2/h3-14,24-25H,1-2H3,(H,28,29,30)/t24-,25-/m0/s1. The maximum Gasteiger partial charge on any atom is 0.226 e. The topological polar surface area (TPSA) is 70.4 Å². The zero-order valence-corrected chi connectivity index (χ0v) is 19.3. The number of hydrogen-bond acceptors (Lipinski definition) is 6. The maximum atomic E-state index is 6.63. The van der Waals surface area contributed by atoms with Gasteiger partial charge in [0.05, 0.1) is 19.9 Å². The average molecular weight is 473 g/mol. The number of hydrogen-bond donors (Lipinski definition) is 1. The maximum absolute atomic E-state index is 6.63. The number of nitrogens with zero attached hydrogens (tertiary/aromatic N) is 3. The van der Waals surface area contributed by atoms with Crippen LogP contribution in [0.1, 0.15) is 28.8 Å². The molecule has 4 aromatic rings. The third-order valence-corrected chi connectivity index (χ3v) is 6.44. The van der Waals surface area contributed by atoms with Crippen molar-refractivity contribution in [1.29, 1.82) is 0 Å². The van der Waals surface area contributed by atoms with Gasteiger partial charge in [-0.05, 0) is 48.0 Å². The van der Waals surface area contributed by atoms with Gasteiger partial charge in [-0.25, -0.2) is 4.68 Å². The van der Waals surface area contributed by atoms with E-state index in [1.807, 2.05) is 71.4 Å². The van der Waals surface area contributed by atoms with Crippen LogP contribution in [0.15, 0.2) is 78.6 Å². The SMILES string of the molecule is COc1ccc([C@H]2C3=C(Nc4ncnn42)c2cc(Cl)ccc2O[C@H]3c2cccc(OC)c2)cc1. The molecular formula is C26H21ClN4O3. The van der Waals surface area contributed by atoms with E-state index in [0.29, 0.717) is 11.0 Å². The van der Waals surface area contributed by atoms with E-state index in [0.717, 1.165) is 45.2 Å². The average Bonchev–Trinajstić information content (AvgIpc) is 3.35. The molecule has 0 saturated carbocycles. The highest BCUT2D eigenvalue weighted by Gasteiger charge is 2.41. The Balaban J connectivity index is 1.61. The Morgan fingerprint density at radius 1 is 0.941 bits per heavy atom. The summed E-state index contributed by atoms with van der Waals surface area (Å²) in [5, 5.41) is 8.67. The molecule has 8 heteroatoms. The van der Waals surface area contributed by atoms with Crippen molar-refractivity contribution in [1.82, 2.24) is 14.8 Å². The summed E-state index contributed by atoms with van der Waals surface area (Å²) < 4.78 is 19.4. The number of anilines is 1. The van der Waals surface area contributed by atoms with Crippen molar-refractivity contribution in [2.24, 2.45) is 0 Å². The number of fused-ring (bicyclic) bond motifs is 3. The van der Waals surface area contributed by atoms with Crippen molar-refractivity contribution < 1.29 is 14.2 Å². The van der Waals surface area contributed by atoms with Gasteiger partial charge >= 0.3 is 0 Å². The van der Waals surface area contributed by atoms with Gasteiger partial charge in [-0.15, -0.1) is 0 Å². The molecule has 0 spiro atoms. The third kappa shape index (κ3) is 3.28. The van der Waals surface area contributed by atoms with Crippen molar-refractivity contribution in [2.45, 2.75) is 12.1 Å². The van der Waals surface area contributed by atoms with Gasteiger partial charge in [-0.3, -0.25) is 0 Å². The van der Waals surface area contributed by atoms with Gasteiger partial charge in [0.1, 0.15) is 35.7 Å². The summed E-state index contributed by atoms with van der Waals surface area (Å²) in [4.78, 5) is 4.47. The van der Waals surface area contributed by atoms with Crippen molar-refractivity contribution in [3.05, 3.63) is 100 Å². The van der Waals surface area contributed by atoms with Gasteiger partial charge in [-0.1, -0.05) is 35.9 Å². The van der Waals surface area contributed by atoms with Crippen LogP contribution >= 0.6 is 11.6 Å². The quantitative estimate of drug-likeness (QED) is 0.422. The number of aromatic nitrogens is 3. The third-order valence-electron chi connectivity index (χ3n) is 6.20. The molecule has 1 aromatic heterocycles. The van der Waals surface area contributed by atoms with Crippen LogP contribution in [0.4, 0.5) is 5.95 Å². The van der Waals surface area contributed by atoms with Gasteiger partial charge in [0, 0.05) is 21.7 Å². The predicted molar refractivity (Wildman–Crippen MR) is 130 cm³/mol. The smallest absolute Gasteiger partial charge is 0.226 e. The first-order valence-corrected chi connectivity index (χ1v) is 11.2. The van der Waals surface area contributed by atoms with E-state index in [1.165, 1.54) is 0 Å². The Kier molecular flexibility index (Phi) is 4.92. The molecule has 0 saturated heterocycles. The molecule has 2 aliphatic heterocycles. The minimum atomic E-state index is -0.393. The summed E-state index contributed by atoms with van der Waals surface area (Å²) in [6.07, 6.45) is 1.16. The van der Waals surface area contributed by atoms with Crippen LogP contribution in [0, 0.1) is 0 Å².